The van der Waals surface area contributed by atoms with Crippen LogP contribution in [0.3, 0.4) is 0 Å². The van der Waals surface area contributed by atoms with Gasteiger partial charge in [0.1, 0.15) is 0 Å². The second kappa shape index (κ2) is 5.58. The van der Waals surface area contributed by atoms with E-state index in [1.807, 2.05) is 31.0 Å². The number of nitrogens with zero attached hydrogens (tertiary/aromatic N) is 1. The summed E-state index contributed by atoms with van der Waals surface area (Å²) in [7, 11) is 2.01. The van der Waals surface area contributed by atoms with Crippen LogP contribution in [0.15, 0.2) is 18.5 Å². The van der Waals surface area contributed by atoms with Crippen LogP contribution in [0.25, 0.3) is 0 Å². The molecule has 1 atom stereocenters. The average molecular weight is 228 g/mol. The monoisotopic (exact) mass is 228 g/mol. The van der Waals surface area contributed by atoms with Gasteiger partial charge in [0.15, 0.2) is 0 Å². The van der Waals surface area contributed by atoms with E-state index in [1.165, 1.54) is 5.56 Å². The van der Waals surface area contributed by atoms with Crippen LogP contribution in [-0.4, -0.2) is 33.8 Å². The van der Waals surface area contributed by atoms with Gasteiger partial charge in [-0.05, 0) is 24.8 Å². The summed E-state index contributed by atoms with van der Waals surface area (Å²) >= 11 is 1.66. The molecule has 0 spiro atoms. The Morgan fingerprint density at radius 3 is 2.87 bits per heavy atom. The molecule has 0 aliphatic rings. The number of rotatable bonds is 6. The first-order chi connectivity index (χ1) is 7.03. The maximum Gasteiger partial charge on any atom is 0.0833 e. The van der Waals surface area contributed by atoms with Crippen LogP contribution in [0.4, 0.5) is 0 Å². The summed E-state index contributed by atoms with van der Waals surface area (Å²) < 4.78 is 2.02. The first kappa shape index (κ1) is 12.6. The quantitative estimate of drug-likeness (QED) is 0.769. The van der Waals surface area contributed by atoms with Gasteiger partial charge in [0.05, 0.1) is 5.60 Å². The van der Waals surface area contributed by atoms with E-state index < -0.39 is 5.60 Å². The number of nitrogens with one attached hydrogen (secondary N) is 1. The maximum absolute atomic E-state index is 9.91. The Balaban J connectivity index is 2.27. The van der Waals surface area contributed by atoms with Crippen LogP contribution >= 0.6 is 11.8 Å². The third kappa shape index (κ3) is 4.73. The molecule has 0 saturated carbocycles. The second-order valence-electron chi connectivity index (χ2n) is 4.22. The number of hydrogen-bond donors (Lipinski definition) is 2. The molecule has 0 radical (unpaired) electrons. The van der Waals surface area contributed by atoms with Crippen molar-refractivity contribution in [3.63, 3.8) is 0 Å². The van der Waals surface area contributed by atoms with Crippen molar-refractivity contribution in [3.8, 4) is 0 Å². The standard InChI is InChI=1S/C11H20N2OS/c1-11(14,9-15-3)8-12-6-10-4-5-13(2)7-10/h4-5,7,12,14H,6,8-9H2,1-3H3. The van der Waals surface area contributed by atoms with Gasteiger partial charge in [0.25, 0.3) is 0 Å². The van der Waals surface area contributed by atoms with Gasteiger partial charge < -0.3 is 15.0 Å². The highest BCUT2D eigenvalue weighted by atomic mass is 32.2. The largest absolute Gasteiger partial charge is 0.388 e. The normalized spacial score (nSPS) is 15.2. The van der Waals surface area contributed by atoms with E-state index in [0.717, 1.165) is 12.3 Å². The molecule has 0 aromatic carbocycles. The van der Waals surface area contributed by atoms with Crippen molar-refractivity contribution < 1.29 is 5.11 Å². The molecule has 4 heteroatoms. The molecule has 0 aliphatic heterocycles. The smallest absolute Gasteiger partial charge is 0.0833 e. The van der Waals surface area contributed by atoms with E-state index in [2.05, 4.69) is 17.6 Å². The van der Waals surface area contributed by atoms with E-state index in [-0.39, 0.29) is 0 Å². The summed E-state index contributed by atoms with van der Waals surface area (Å²) in [5.41, 5.74) is 0.631. The summed E-state index contributed by atoms with van der Waals surface area (Å²) in [4.78, 5) is 0. The minimum Gasteiger partial charge on any atom is -0.388 e. The highest BCUT2D eigenvalue weighted by Crippen LogP contribution is 2.09. The van der Waals surface area contributed by atoms with E-state index >= 15 is 0 Å². The molecule has 1 heterocycles. The number of aryl methyl sites for hydroxylation is 1. The van der Waals surface area contributed by atoms with Crippen molar-refractivity contribution in [1.82, 2.24) is 9.88 Å². The van der Waals surface area contributed by atoms with Gasteiger partial charge >= 0.3 is 0 Å². The van der Waals surface area contributed by atoms with E-state index in [9.17, 15) is 5.11 Å². The molecule has 0 amide bonds. The van der Waals surface area contributed by atoms with Crippen LogP contribution in [0.1, 0.15) is 12.5 Å². The summed E-state index contributed by atoms with van der Waals surface area (Å²) in [6.07, 6.45) is 6.11. The Morgan fingerprint density at radius 2 is 2.33 bits per heavy atom. The summed E-state index contributed by atoms with van der Waals surface area (Å²) in [6.45, 7) is 3.30. The molecule has 0 bridgehead atoms. The van der Waals surface area contributed by atoms with Gasteiger partial charge in [0, 0.05) is 38.3 Å². The predicted molar refractivity (Wildman–Crippen MR) is 66.1 cm³/mol. The maximum atomic E-state index is 9.91. The Hall–Kier alpha value is -0.450. The Kier molecular flexibility index (Phi) is 4.70. The number of aromatic nitrogens is 1. The number of thioether (sulfide) groups is 1. The molecule has 3 nitrogen and oxygen atoms in total. The highest BCUT2D eigenvalue weighted by Gasteiger charge is 2.18. The van der Waals surface area contributed by atoms with Crippen molar-refractivity contribution >= 4 is 11.8 Å². The third-order valence-electron chi connectivity index (χ3n) is 2.18. The number of aliphatic hydroxyl groups is 1. The van der Waals surface area contributed by atoms with Crippen molar-refractivity contribution in [2.45, 2.75) is 19.1 Å². The molecule has 1 rings (SSSR count). The van der Waals surface area contributed by atoms with Gasteiger partial charge in [-0.15, -0.1) is 0 Å². The fourth-order valence-electron chi connectivity index (χ4n) is 1.50. The van der Waals surface area contributed by atoms with Crippen LogP contribution < -0.4 is 5.32 Å². The molecular formula is C11H20N2OS. The Labute approximate surface area is 95.9 Å². The molecule has 0 fully saturated rings. The van der Waals surface area contributed by atoms with Crippen LogP contribution in [0, 0.1) is 0 Å². The van der Waals surface area contributed by atoms with E-state index in [4.69, 9.17) is 0 Å². The molecule has 1 aromatic heterocycles. The first-order valence-electron chi connectivity index (χ1n) is 5.06. The third-order valence-corrected chi connectivity index (χ3v) is 3.09. The lowest BCUT2D eigenvalue weighted by atomic mass is 10.1. The van der Waals surface area contributed by atoms with E-state index in [0.29, 0.717) is 6.54 Å². The molecule has 2 N–H and O–H groups in total. The lowest BCUT2D eigenvalue weighted by Gasteiger charge is -2.22. The number of hydrogen-bond acceptors (Lipinski definition) is 3. The molecule has 86 valence electrons. The molecule has 0 saturated heterocycles. The zero-order chi connectivity index (χ0) is 11.3. The minimum absolute atomic E-state index is 0.617. The van der Waals surface area contributed by atoms with Crippen molar-refractivity contribution in [2.75, 3.05) is 18.6 Å². The Bertz CT molecular complexity index is 297. The topological polar surface area (TPSA) is 37.2 Å². The van der Waals surface area contributed by atoms with Gasteiger partial charge in [-0.3, -0.25) is 0 Å². The van der Waals surface area contributed by atoms with Crippen LogP contribution in [-0.2, 0) is 13.6 Å². The summed E-state index contributed by atoms with van der Waals surface area (Å²) in [5.74, 6) is 0.759. The zero-order valence-electron chi connectivity index (χ0n) is 9.66. The predicted octanol–water partition coefficient (Wildman–Crippen LogP) is 1.23. The molecule has 1 aromatic rings. The fraction of sp³-hybridized carbons (Fsp3) is 0.636. The average Bonchev–Trinajstić information content (AvgIpc) is 2.51. The fourth-order valence-corrected chi connectivity index (χ4v) is 2.23. The molecular weight excluding hydrogens is 208 g/mol. The van der Waals surface area contributed by atoms with Gasteiger partial charge in [-0.25, -0.2) is 0 Å². The van der Waals surface area contributed by atoms with Gasteiger partial charge in [0.2, 0.25) is 0 Å². The highest BCUT2D eigenvalue weighted by molar-refractivity contribution is 7.98. The second-order valence-corrected chi connectivity index (χ2v) is 5.08. The molecule has 1 unspecified atom stereocenters. The first-order valence-corrected chi connectivity index (χ1v) is 6.46. The van der Waals surface area contributed by atoms with Crippen LogP contribution in [0.5, 0.6) is 0 Å². The van der Waals surface area contributed by atoms with Gasteiger partial charge in [-0.2, -0.15) is 11.8 Å². The molecule has 15 heavy (non-hydrogen) atoms. The van der Waals surface area contributed by atoms with Crippen molar-refractivity contribution in [2.24, 2.45) is 7.05 Å². The lowest BCUT2D eigenvalue weighted by molar-refractivity contribution is 0.0846. The lowest BCUT2D eigenvalue weighted by Crippen LogP contribution is -2.39. The van der Waals surface area contributed by atoms with Crippen molar-refractivity contribution in [1.29, 1.82) is 0 Å². The molecule has 0 aliphatic carbocycles. The van der Waals surface area contributed by atoms with Crippen LogP contribution in [0.2, 0.25) is 0 Å². The SMILES string of the molecule is CSCC(C)(O)CNCc1ccn(C)c1. The van der Waals surface area contributed by atoms with Crippen molar-refractivity contribution in [3.05, 3.63) is 24.0 Å². The Morgan fingerprint density at radius 1 is 1.60 bits per heavy atom. The summed E-state index contributed by atoms with van der Waals surface area (Å²) in [6, 6.07) is 2.08. The van der Waals surface area contributed by atoms with Gasteiger partial charge in [-0.1, -0.05) is 0 Å². The summed E-state index contributed by atoms with van der Waals surface area (Å²) in [5, 5.41) is 13.2. The van der Waals surface area contributed by atoms with E-state index in [1.54, 1.807) is 11.8 Å². The zero-order valence-corrected chi connectivity index (χ0v) is 10.5. The minimum atomic E-state index is -0.617.